The number of anilines is 1. The summed E-state index contributed by atoms with van der Waals surface area (Å²) in [5.74, 6) is 0.0848. The number of pyridine rings is 2. The molecule has 3 aromatic heterocycles. The van der Waals surface area contributed by atoms with Gasteiger partial charge in [-0.05, 0) is 67.1 Å². The molecule has 0 spiro atoms. The number of carbonyl (C=O) groups excluding carboxylic acids is 2. The molecule has 1 aliphatic heterocycles. The zero-order valence-corrected chi connectivity index (χ0v) is 26.1. The summed E-state index contributed by atoms with van der Waals surface area (Å²) in [7, 11) is -3.30. The minimum absolute atomic E-state index is 0.0717. The number of aryl methyl sites for hydroxylation is 1. The van der Waals surface area contributed by atoms with Crippen LogP contribution in [-0.2, 0) is 16.4 Å². The highest BCUT2D eigenvalue weighted by molar-refractivity contribution is 7.90. The number of piperazine rings is 1. The Balaban J connectivity index is 1.19. The number of nitrogens with zero attached hydrogens (tertiary/aromatic N) is 6. The van der Waals surface area contributed by atoms with Crippen LogP contribution in [0.2, 0.25) is 0 Å². The van der Waals surface area contributed by atoms with Crippen molar-refractivity contribution in [3.05, 3.63) is 118 Å². The van der Waals surface area contributed by atoms with Crippen LogP contribution in [0, 0.1) is 6.92 Å². The van der Waals surface area contributed by atoms with E-state index in [1.165, 1.54) is 22.8 Å². The number of rotatable bonds is 7. The summed E-state index contributed by atoms with van der Waals surface area (Å²) in [6.07, 6.45) is 4.34. The first-order valence-corrected chi connectivity index (χ1v) is 16.5. The largest absolute Gasteiger partial charge is 0.348 e. The molecule has 0 unspecified atom stereocenters. The van der Waals surface area contributed by atoms with E-state index in [4.69, 9.17) is 9.97 Å². The van der Waals surface area contributed by atoms with Gasteiger partial charge in [0.05, 0.1) is 21.8 Å². The number of aromatic nitrogens is 4. The Morgan fingerprint density at radius 2 is 1.59 bits per heavy atom. The summed E-state index contributed by atoms with van der Waals surface area (Å²) in [4.78, 5) is 56.5. The van der Waals surface area contributed by atoms with Crippen molar-refractivity contribution in [2.45, 2.75) is 18.4 Å². The molecule has 0 radical (unpaired) electrons. The topological polar surface area (TPSA) is 147 Å². The van der Waals surface area contributed by atoms with Gasteiger partial charge in [0, 0.05) is 68.4 Å². The van der Waals surface area contributed by atoms with Crippen LogP contribution in [0.15, 0.2) is 94.9 Å². The maximum Gasteiger partial charge on any atom is 0.256 e. The quantitative estimate of drug-likeness (QED) is 0.285. The zero-order valence-electron chi connectivity index (χ0n) is 25.3. The number of benzene rings is 2. The van der Waals surface area contributed by atoms with Crippen molar-refractivity contribution in [3.63, 3.8) is 0 Å². The van der Waals surface area contributed by atoms with E-state index in [2.05, 4.69) is 10.3 Å². The normalized spacial score (nSPS) is 13.5. The molecule has 0 aliphatic carbocycles. The number of amides is 2. The first-order valence-electron chi connectivity index (χ1n) is 14.6. The molecule has 13 heteroatoms. The summed E-state index contributed by atoms with van der Waals surface area (Å²) in [5.41, 5.74) is 3.11. The predicted octanol–water partition coefficient (Wildman–Crippen LogP) is 2.78. The van der Waals surface area contributed by atoms with Crippen molar-refractivity contribution < 1.29 is 18.0 Å². The highest BCUT2D eigenvalue weighted by Gasteiger charge is 2.25. The Bertz CT molecular complexity index is 2090. The molecule has 2 amide bonds. The van der Waals surface area contributed by atoms with Crippen LogP contribution in [0.4, 0.5) is 5.95 Å². The predicted molar refractivity (Wildman–Crippen MR) is 173 cm³/mol. The molecule has 5 aromatic rings. The standard InChI is InChI=1S/C33H31N7O5S/c1-22-28-13-14-29(41)40(26-9-7-24(8-10-26)31(42)35-20-23-5-11-27(12-6-23)46(2,44)45)30(28)37-33(36-22)39-18-16-38(17-19-39)32(43)25-4-3-15-34-21-25/h3-15,21H,16-20H2,1-2H3,(H,35,42). The van der Waals surface area contributed by atoms with Crippen molar-refractivity contribution in [3.8, 4) is 5.69 Å². The molecule has 12 nitrogen and oxygen atoms in total. The van der Waals surface area contributed by atoms with Crippen molar-refractivity contribution in [2.24, 2.45) is 0 Å². The maximum absolute atomic E-state index is 13.2. The van der Waals surface area contributed by atoms with Crippen LogP contribution in [0.5, 0.6) is 0 Å². The average Bonchev–Trinajstić information content (AvgIpc) is 3.07. The highest BCUT2D eigenvalue weighted by Crippen LogP contribution is 2.22. The van der Waals surface area contributed by atoms with E-state index in [0.29, 0.717) is 60.3 Å². The van der Waals surface area contributed by atoms with Crippen LogP contribution in [0.25, 0.3) is 16.7 Å². The lowest BCUT2D eigenvalue weighted by Crippen LogP contribution is -2.49. The Morgan fingerprint density at radius 1 is 0.870 bits per heavy atom. The Hall–Kier alpha value is -5.43. The van der Waals surface area contributed by atoms with E-state index >= 15 is 0 Å². The van der Waals surface area contributed by atoms with Crippen LogP contribution in [0.1, 0.15) is 32.0 Å². The van der Waals surface area contributed by atoms with Gasteiger partial charge in [-0.2, -0.15) is 4.98 Å². The van der Waals surface area contributed by atoms with E-state index in [-0.39, 0.29) is 28.8 Å². The van der Waals surface area contributed by atoms with Gasteiger partial charge in [0.1, 0.15) is 0 Å². The second-order valence-electron chi connectivity index (χ2n) is 11.0. The van der Waals surface area contributed by atoms with Gasteiger partial charge in [0.25, 0.3) is 17.4 Å². The first kappa shape index (κ1) is 30.6. The van der Waals surface area contributed by atoms with Crippen LogP contribution in [-0.4, -0.2) is 77.1 Å². The minimum Gasteiger partial charge on any atom is -0.348 e. The fraction of sp³-hybridized carbons (Fsp3) is 0.212. The van der Waals surface area contributed by atoms with E-state index in [1.807, 2.05) is 11.8 Å². The Kier molecular flexibility index (Phi) is 8.33. The molecule has 46 heavy (non-hydrogen) atoms. The molecule has 0 saturated carbocycles. The van der Waals surface area contributed by atoms with Gasteiger partial charge < -0.3 is 15.1 Å². The van der Waals surface area contributed by atoms with E-state index in [0.717, 1.165) is 17.2 Å². The molecule has 234 valence electrons. The van der Waals surface area contributed by atoms with Gasteiger partial charge in [0.15, 0.2) is 15.5 Å². The van der Waals surface area contributed by atoms with Crippen LogP contribution < -0.4 is 15.8 Å². The summed E-state index contributed by atoms with van der Waals surface area (Å²) in [6.45, 7) is 4.13. The third-order valence-corrected chi connectivity index (χ3v) is 9.01. The van der Waals surface area contributed by atoms with Gasteiger partial charge in [-0.25, -0.2) is 13.4 Å². The van der Waals surface area contributed by atoms with Crippen molar-refractivity contribution in [1.82, 2.24) is 29.7 Å². The molecule has 0 atom stereocenters. The maximum atomic E-state index is 13.2. The molecule has 2 aromatic carbocycles. The molecule has 4 heterocycles. The number of nitrogens with one attached hydrogen (secondary N) is 1. The third-order valence-electron chi connectivity index (χ3n) is 7.88. The zero-order chi connectivity index (χ0) is 32.4. The molecular formula is C33H31N7O5S. The first-order chi connectivity index (χ1) is 22.1. The smallest absolute Gasteiger partial charge is 0.256 e. The Morgan fingerprint density at radius 3 is 2.24 bits per heavy atom. The lowest BCUT2D eigenvalue weighted by Gasteiger charge is -2.35. The Labute approximate surface area is 265 Å². The molecule has 0 bridgehead atoms. The molecule has 1 N–H and O–H groups in total. The summed E-state index contributed by atoms with van der Waals surface area (Å²) < 4.78 is 24.9. The fourth-order valence-electron chi connectivity index (χ4n) is 5.32. The molecule has 6 rings (SSSR count). The van der Waals surface area contributed by atoms with Gasteiger partial charge in [-0.3, -0.25) is 23.9 Å². The van der Waals surface area contributed by atoms with Gasteiger partial charge >= 0.3 is 0 Å². The van der Waals surface area contributed by atoms with Crippen LogP contribution >= 0.6 is 0 Å². The van der Waals surface area contributed by atoms with Gasteiger partial charge in [0.2, 0.25) is 5.95 Å². The number of fused-ring (bicyclic) bond motifs is 1. The monoisotopic (exact) mass is 637 g/mol. The second-order valence-corrected chi connectivity index (χ2v) is 13.0. The molecule has 1 aliphatic rings. The van der Waals surface area contributed by atoms with E-state index < -0.39 is 9.84 Å². The average molecular weight is 638 g/mol. The number of hydrogen-bond acceptors (Lipinski definition) is 9. The second kappa shape index (κ2) is 12.5. The van der Waals surface area contributed by atoms with Crippen molar-refractivity contribution in [1.29, 1.82) is 0 Å². The third kappa shape index (κ3) is 6.35. The summed E-state index contributed by atoms with van der Waals surface area (Å²) >= 11 is 0. The lowest BCUT2D eigenvalue weighted by molar-refractivity contribution is 0.0745. The molecule has 1 saturated heterocycles. The van der Waals surface area contributed by atoms with Crippen LogP contribution in [0.3, 0.4) is 0 Å². The van der Waals surface area contributed by atoms with Gasteiger partial charge in [-0.1, -0.05) is 12.1 Å². The lowest BCUT2D eigenvalue weighted by atomic mass is 10.1. The highest BCUT2D eigenvalue weighted by atomic mass is 32.2. The summed E-state index contributed by atoms with van der Waals surface area (Å²) in [6, 6.07) is 19.7. The van der Waals surface area contributed by atoms with Crippen molar-refractivity contribution in [2.75, 3.05) is 37.3 Å². The number of hydrogen-bond donors (Lipinski definition) is 1. The SMILES string of the molecule is Cc1nc(N2CCN(C(=O)c3cccnc3)CC2)nc2c1ccc(=O)n2-c1ccc(C(=O)NCc2ccc(S(C)(=O)=O)cc2)cc1. The number of sulfone groups is 1. The minimum atomic E-state index is -3.30. The van der Waals surface area contributed by atoms with E-state index in [9.17, 15) is 22.8 Å². The van der Waals surface area contributed by atoms with E-state index in [1.54, 1.807) is 71.9 Å². The summed E-state index contributed by atoms with van der Waals surface area (Å²) in [5, 5.41) is 3.55. The molecule has 1 fully saturated rings. The molecular weight excluding hydrogens is 606 g/mol. The number of carbonyl (C=O) groups is 2. The van der Waals surface area contributed by atoms with Crippen molar-refractivity contribution >= 4 is 38.6 Å². The van der Waals surface area contributed by atoms with Gasteiger partial charge in [-0.15, -0.1) is 0 Å². The fourth-order valence-corrected chi connectivity index (χ4v) is 5.95.